The molecular formula is C19H17BrN6O4. The largest absolute Gasteiger partial charge is 0.492 e. The molecule has 1 heterocycles. The van der Waals surface area contributed by atoms with Gasteiger partial charge in [0.1, 0.15) is 12.1 Å². The van der Waals surface area contributed by atoms with E-state index in [1.54, 1.807) is 48.5 Å². The standard InChI is InChI=1S/C19H17BrN6O4/c1-2-30-15-10-6-5-9-14(15)23-17-16(26(28)29)18(22-11-21-17)24-25-19(27)12-7-3-4-8-13(12)20/h3-11H,2H2,1H3,(H,25,27)(H2,21,22,23,24). The van der Waals surface area contributed by atoms with Crippen molar-refractivity contribution >= 4 is 44.8 Å². The predicted octanol–water partition coefficient (Wildman–Crippen LogP) is 4.05. The minimum atomic E-state index is -0.640. The van der Waals surface area contributed by atoms with Crippen LogP contribution in [0.2, 0.25) is 0 Å². The maximum atomic E-state index is 12.4. The van der Waals surface area contributed by atoms with Crippen molar-refractivity contribution < 1.29 is 14.5 Å². The second-order valence-electron chi connectivity index (χ2n) is 5.79. The van der Waals surface area contributed by atoms with Crippen molar-refractivity contribution in [2.45, 2.75) is 6.92 Å². The fourth-order valence-corrected chi connectivity index (χ4v) is 3.01. The predicted molar refractivity (Wildman–Crippen MR) is 115 cm³/mol. The van der Waals surface area contributed by atoms with Crippen LogP contribution in [0, 0.1) is 10.1 Å². The van der Waals surface area contributed by atoms with Gasteiger partial charge < -0.3 is 10.1 Å². The molecule has 0 saturated heterocycles. The molecule has 3 rings (SSSR count). The lowest BCUT2D eigenvalue weighted by atomic mass is 10.2. The van der Waals surface area contributed by atoms with Gasteiger partial charge >= 0.3 is 5.69 Å². The first-order chi connectivity index (χ1) is 14.5. The number of ether oxygens (including phenoxy) is 1. The summed E-state index contributed by atoms with van der Waals surface area (Å²) in [5.41, 5.74) is 5.33. The van der Waals surface area contributed by atoms with E-state index in [0.717, 1.165) is 6.33 Å². The number of para-hydroxylation sites is 2. The first-order valence-electron chi connectivity index (χ1n) is 8.80. The molecule has 3 N–H and O–H groups in total. The maximum Gasteiger partial charge on any atom is 0.355 e. The van der Waals surface area contributed by atoms with Crippen LogP contribution in [0.4, 0.5) is 23.0 Å². The molecule has 30 heavy (non-hydrogen) atoms. The van der Waals surface area contributed by atoms with Crippen LogP contribution in [0.15, 0.2) is 59.3 Å². The minimum absolute atomic E-state index is 0.0557. The Morgan fingerprint density at radius 2 is 1.83 bits per heavy atom. The van der Waals surface area contributed by atoms with Crippen LogP contribution in [0.5, 0.6) is 5.75 Å². The second-order valence-corrected chi connectivity index (χ2v) is 6.64. The van der Waals surface area contributed by atoms with E-state index in [1.807, 2.05) is 6.92 Å². The van der Waals surface area contributed by atoms with Gasteiger partial charge in [0.25, 0.3) is 5.91 Å². The molecule has 3 aromatic rings. The van der Waals surface area contributed by atoms with E-state index < -0.39 is 16.5 Å². The average Bonchev–Trinajstić information content (AvgIpc) is 2.74. The van der Waals surface area contributed by atoms with Gasteiger partial charge in [-0.1, -0.05) is 24.3 Å². The molecule has 11 heteroatoms. The molecule has 0 fully saturated rings. The van der Waals surface area contributed by atoms with Gasteiger partial charge in [-0.2, -0.15) is 0 Å². The van der Waals surface area contributed by atoms with Crippen LogP contribution in [0.3, 0.4) is 0 Å². The Morgan fingerprint density at radius 1 is 1.13 bits per heavy atom. The minimum Gasteiger partial charge on any atom is -0.492 e. The van der Waals surface area contributed by atoms with Crippen LogP contribution >= 0.6 is 15.9 Å². The summed E-state index contributed by atoms with van der Waals surface area (Å²) in [5.74, 6) is -0.206. The fraction of sp³-hybridized carbons (Fsp3) is 0.105. The normalized spacial score (nSPS) is 10.2. The maximum absolute atomic E-state index is 12.4. The van der Waals surface area contributed by atoms with Crippen LogP contribution in [0.25, 0.3) is 0 Å². The Morgan fingerprint density at radius 3 is 2.57 bits per heavy atom. The molecule has 0 aliphatic carbocycles. The third-order valence-electron chi connectivity index (χ3n) is 3.86. The van der Waals surface area contributed by atoms with Crippen LogP contribution < -0.4 is 20.9 Å². The summed E-state index contributed by atoms with van der Waals surface area (Å²) in [6.07, 6.45) is 1.14. The van der Waals surface area contributed by atoms with Crippen LogP contribution in [0.1, 0.15) is 17.3 Å². The van der Waals surface area contributed by atoms with Gasteiger partial charge in [-0.05, 0) is 47.1 Å². The fourth-order valence-electron chi connectivity index (χ4n) is 2.54. The zero-order valence-corrected chi connectivity index (χ0v) is 17.3. The van der Waals surface area contributed by atoms with Gasteiger partial charge in [-0.15, -0.1) is 0 Å². The number of benzene rings is 2. The number of nitrogens with zero attached hydrogens (tertiary/aromatic N) is 3. The Balaban J connectivity index is 1.86. The number of hydrogen-bond acceptors (Lipinski definition) is 8. The lowest BCUT2D eigenvalue weighted by Crippen LogP contribution is -2.30. The van der Waals surface area contributed by atoms with E-state index in [-0.39, 0.29) is 11.6 Å². The highest BCUT2D eigenvalue weighted by atomic mass is 79.9. The first kappa shape index (κ1) is 21.0. The summed E-state index contributed by atoms with van der Waals surface area (Å²) in [7, 11) is 0. The summed E-state index contributed by atoms with van der Waals surface area (Å²) in [5, 5.41) is 14.6. The molecule has 154 valence electrons. The molecule has 0 atom stereocenters. The number of rotatable bonds is 8. The smallest absolute Gasteiger partial charge is 0.355 e. The highest BCUT2D eigenvalue weighted by molar-refractivity contribution is 9.10. The highest BCUT2D eigenvalue weighted by Crippen LogP contribution is 2.34. The number of amides is 1. The van der Waals surface area contributed by atoms with Gasteiger partial charge in [-0.25, -0.2) is 9.97 Å². The Labute approximate surface area is 179 Å². The molecule has 0 aliphatic heterocycles. The van der Waals surface area contributed by atoms with Gasteiger partial charge in [0.05, 0.1) is 22.8 Å². The quantitative estimate of drug-likeness (QED) is 0.330. The van der Waals surface area contributed by atoms with E-state index in [9.17, 15) is 14.9 Å². The average molecular weight is 473 g/mol. The number of hydrogen-bond donors (Lipinski definition) is 3. The van der Waals surface area contributed by atoms with Crippen molar-refractivity contribution in [3.05, 3.63) is 75.0 Å². The molecule has 2 aromatic carbocycles. The third kappa shape index (κ3) is 4.81. The van der Waals surface area contributed by atoms with Crippen molar-refractivity contribution in [2.24, 2.45) is 0 Å². The number of carbonyl (C=O) groups is 1. The van der Waals surface area contributed by atoms with Crippen molar-refractivity contribution in [1.29, 1.82) is 0 Å². The number of nitro groups is 1. The number of halogens is 1. The molecule has 1 aromatic heterocycles. The SMILES string of the molecule is CCOc1ccccc1Nc1ncnc(NNC(=O)c2ccccc2Br)c1[N+](=O)[O-]. The highest BCUT2D eigenvalue weighted by Gasteiger charge is 2.24. The zero-order valence-electron chi connectivity index (χ0n) is 15.8. The van der Waals surface area contributed by atoms with Crippen molar-refractivity contribution in [3.63, 3.8) is 0 Å². The topological polar surface area (TPSA) is 131 Å². The van der Waals surface area contributed by atoms with Gasteiger partial charge in [0, 0.05) is 4.47 Å². The molecule has 1 amide bonds. The van der Waals surface area contributed by atoms with Gasteiger partial charge in [0.2, 0.25) is 11.6 Å². The molecule has 0 aliphatic rings. The summed E-state index contributed by atoms with van der Waals surface area (Å²) < 4.78 is 6.11. The third-order valence-corrected chi connectivity index (χ3v) is 4.55. The second kappa shape index (κ2) is 9.65. The van der Waals surface area contributed by atoms with Crippen molar-refractivity contribution in [2.75, 3.05) is 17.3 Å². The Kier molecular flexibility index (Phi) is 6.75. The summed E-state index contributed by atoms with van der Waals surface area (Å²) in [6.45, 7) is 2.26. The molecule has 0 unspecified atom stereocenters. The summed E-state index contributed by atoms with van der Waals surface area (Å²) >= 11 is 3.28. The summed E-state index contributed by atoms with van der Waals surface area (Å²) in [6, 6.07) is 13.8. The van der Waals surface area contributed by atoms with Crippen LogP contribution in [-0.2, 0) is 0 Å². The van der Waals surface area contributed by atoms with E-state index in [1.165, 1.54) is 0 Å². The molecule has 0 saturated carbocycles. The number of nitrogens with one attached hydrogen (secondary N) is 3. The lowest BCUT2D eigenvalue weighted by molar-refractivity contribution is -0.383. The lowest BCUT2D eigenvalue weighted by Gasteiger charge is -2.13. The number of anilines is 3. The molecule has 0 spiro atoms. The number of aromatic nitrogens is 2. The van der Waals surface area contributed by atoms with Gasteiger partial charge in [0.15, 0.2) is 0 Å². The number of carbonyl (C=O) groups excluding carboxylic acids is 1. The van der Waals surface area contributed by atoms with Crippen molar-refractivity contribution in [3.8, 4) is 5.75 Å². The zero-order chi connectivity index (χ0) is 21.5. The van der Waals surface area contributed by atoms with E-state index in [2.05, 4.69) is 42.1 Å². The van der Waals surface area contributed by atoms with E-state index >= 15 is 0 Å². The Hall–Kier alpha value is -3.73. The first-order valence-corrected chi connectivity index (χ1v) is 9.59. The molecule has 0 radical (unpaired) electrons. The van der Waals surface area contributed by atoms with Crippen LogP contribution in [-0.4, -0.2) is 27.4 Å². The molecular weight excluding hydrogens is 456 g/mol. The van der Waals surface area contributed by atoms with Gasteiger partial charge in [-0.3, -0.25) is 25.8 Å². The van der Waals surface area contributed by atoms with Crippen molar-refractivity contribution in [1.82, 2.24) is 15.4 Å². The Bertz CT molecular complexity index is 1080. The number of hydrazine groups is 1. The molecule has 10 nitrogen and oxygen atoms in total. The summed E-state index contributed by atoms with van der Waals surface area (Å²) in [4.78, 5) is 31.3. The van der Waals surface area contributed by atoms with E-state index in [4.69, 9.17) is 4.74 Å². The monoisotopic (exact) mass is 472 g/mol. The molecule has 0 bridgehead atoms. The van der Waals surface area contributed by atoms with E-state index in [0.29, 0.717) is 28.1 Å².